The number of nitrogens with one attached hydrogen (secondary N) is 2. The Morgan fingerprint density at radius 1 is 1.23 bits per heavy atom. The minimum Gasteiger partial charge on any atom is -0.493 e. The van der Waals surface area contributed by atoms with Crippen molar-refractivity contribution in [3.05, 3.63) is 29.5 Å². The molecule has 0 bridgehead atoms. The van der Waals surface area contributed by atoms with Crippen LogP contribution in [-0.2, 0) is 0 Å². The maximum atomic E-state index is 13.9. The highest BCUT2D eigenvalue weighted by molar-refractivity contribution is 5.98. The van der Waals surface area contributed by atoms with Crippen molar-refractivity contribution in [3.63, 3.8) is 0 Å². The van der Waals surface area contributed by atoms with Crippen LogP contribution in [0.4, 0.5) is 19.0 Å². The number of carbonyl (C=O) groups is 1. The first-order valence-electron chi connectivity index (χ1n) is 9.73. The third-order valence-electron chi connectivity index (χ3n) is 5.11. The van der Waals surface area contributed by atoms with E-state index in [-0.39, 0.29) is 17.8 Å². The molecule has 11 heteroatoms. The summed E-state index contributed by atoms with van der Waals surface area (Å²) in [4.78, 5) is 12.5. The number of aromatic nitrogens is 2. The number of hydrogen-bond acceptors (Lipinski definition) is 6. The fourth-order valence-electron chi connectivity index (χ4n) is 3.58. The maximum absolute atomic E-state index is 13.9. The second-order valence-electron chi connectivity index (χ2n) is 7.06. The molecule has 1 aliphatic heterocycles. The number of carbonyl (C=O) groups excluding carboxylic acids is 1. The van der Waals surface area contributed by atoms with Crippen molar-refractivity contribution in [2.24, 2.45) is 0 Å². The van der Waals surface area contributed by atoms with Crippen molar-refractivity contribution >= 4 is 11.7 Å². The first-order valence-corrected chi connectivity index (χ1v) is 9.73. The van der Waals surface area contributed by atoms with Gasteiger partial charge in [-0.15, -0.1) is 0 Å². The molecule has 1 aliphatic rings. The molecule has 0 unspecified atom stereocenters. The third kappa shape index (κ3) is 4.35. The lowest BCUT2D eigenvalue weighted by molar-refractivity contribution is -0.173. The minimum absolute atomic E-state index is 0.0147. The molecule has 3 rings (SSSR count). The van der Waals surface area contributed by atoms with Crippen LogP contribution < -0.4 is 24.8 Å². The number of halogens is 3. The number of fused-ring (bicyclic) bond motifs is 1. The van der Waals surface area contributed by atoms with Gasteiger partial charge in [0.2, 0.25) is 5.75 Å². The van der Waals surface area contributed by atoms with Gasteiger partial charge >= 0.3 is 6.18 Å². The van der Waals surface area contributed by atoms with Crippen LogP contribution in [0.1, 0.15) is 47.8 Å². The molecule has 2 aromatic rings. The van der Waals surface area contributed by atoms with E-state index in [9.17, 15) is 18.0 Å². The monoisotopic (exact) mass is 442 g/mol. The lowest BCUT2D eigenvalue weighted by atomic mass is 9.95. The fraction of sp³-hybridized carbons (Fsp3) is 0.500. The molecule has 0 fully saturated rings. The van der Waals surface area contributed by atoms with E-state index in [1.165, 1.54) is 21.3 Å². The summed E-state index contributed by atoms with van der Waals surface area (Å²) in [7, 11) is 4.30. The van der Waals surface area contributed by atoms with Gasteiger partial charge in [-0.05, 0) is 24.1 Å². The van der Waals surface area contributed by atoms with Gasteiger partial charge in [0.1, 0.15) is 11.4 Å². The minimum atomic E-state index is -4.56. The number of nitrogens with zero attached hydrogens (tertiary/aromatic N) is 2. The lowest BCUT2D eigenvalue weighted by Gasteiger charge is -2.34. The lowest BCUT2D eigenvalue weighted by Crippen LogP contribution is -2.36. The van der Waals surface area contributed by atoms with E-state index < -0.39 is 24.2 Å². The van der Waals surface area contributed by atoms with Gasteiger partial charge < -0.3 is 24.8 Å². The number of rotatable bonds is 7. The molecule has 1 aromatic carbocycles. The van der Waals surface area contributed by atoms with Crippen molar-refractivity contribution in [2.45, 2.75) is 38.0 Å². The van der Waals surface area contributed by atoms with Gasteiger partial charge in [-0.25, -0.2) is 4.68 Å². The predicted octanol–water partition coefficient (Wildman–Crippen LogP) is 3.71. The number of ether oxygens (including phenoxy) is 3. The summed E-state index contributed by atoms with van der Waals surface area (Å²) in [5.41, 5.74) is 0.552. The Balaban J connectivity index is 2.06. The molecule has 0 saturated carbocycles. The van der Waals surface area contributed by atoms with Gasteiger partial charge in [-0.1, -0.05) is 6.92 Å². The van der Waals surface area contributed by atoms with E-state index in [0.717, 1.165) is 10.9 Å². The normalized spacial score (nSPS) is 18.0. The van der Waals surface area contributed by atoms with Gasteiger partial charge in [-0.2, -0.15) is 18.3 Å². The molecule has 2 N–H and O–H groups in total. The average molecular weight is 442 g/mol. The summed E-state index contributed by atoms with van der Waals surface area (Å²) < 4.78 is 58.4. The van der Waals surface area contributed by atoms with Crippen LogP contribution in [0, 0.1) is 0 Å². The van der Waals surface area contributed by atoms with E-state index in [2.05, 4.69) is 15.7 Å². The molecule has 170 valence electrons. The second kappa shape index (κ2) is 8.94. The average Bonchev–Trinajstić information content (AvgIpc) is 3.18. The summed E-state index contributed by atoms with van der Waals surface area (Å²) in [6.07, 6.45) is -3.03. The number of amides is 1. The fourth-order valence-corrected chi connectivity index (χ4v) is 3.58. The summed E-state index contributed by atoms with van der Waals surface area (Å²) in [5, 5.41) is 9.58. The standard InChI is InChI=1S/C20H25F3N4O4/c1-5-6-24-19(28)12-10-25-27-16(20(21,22)23)9-13(26-18(12)27)11-7-14(29-2)17(31-4)15(8-11)30-3/h7-8,10,13,16,26H,5-6,9H2,1-4H3,(H,24,28)/t13-,16+/m0/s1. The van der Waals surface area contributed by atoms with Gasteiger partial charge in [0.25, 0.3) is 5.91 Å². The number of methoxy groups -OCH3 is 3. The molecule has 0 radical (unpaired) electrons. The van der Waals surface area contributed by atoms with Gasteiger partial charge in [0.05, 0.1) is 33.6 Å². The van der Waals surface area contributed by atoms with E-state index in [0.29, 0.717) is 35.8 Å². The summed E-state index contributed by atoms with van der Waals surface area (Å²) in [6, 6.07) is 0.507. The highest BCUT2D eigenvalue weighted by Gasteiger charge is 2.47. The summed E-state index contributed by atoms with van der Waals surface area (Å²) in [5.74, 6) is 0.508. The molecule has 2 heterocycles. The van der Waals surface area contributed by atoms with E-state index in [4.69, 9.17) is 14.2 Å². The first-order chi connectivity index (χ1) is 14.7. The molecule has 0 saturated heterocycles. The van der Waals surface area contributed by atoms with E-state index in [1.807, 2.05) is 6.92 Å². The number of hydrogen-bond donors (Lipinski definition) is 2. The molecule has 0 aliphatic carbocycles. The van der Waals surface area contributed by atoms with Crippen LogP contribution in [0.5, 0.6) is 17.2 Å². The quantitative estimate of drug-likeness (QED) is 0.680. The highest BCUT2D eigenvalue weighted by atomic mass is 19.4. The molecule has 1 aromatic heterocycles. The van der Waals surface area contributed by atoms with Crippen molar-refractivity contribution in [1.29, 1.82) is 0 Å². The van der Waals surface area contributed by atoms with Crippen LogP contribution in [0.25, 0.3) is 0 Å². The SMILES string of the molecule is CCCNC(=O)c1cnn2c1N[C@H](c1cc(OC)c(OC)c(OC)c1)C[C@@H]2C(F)(F)F. The zero-order valence-corrected chi connectivity index (χ0v) is 17.7. The molecule has 8 nitrogen and oxygen atoms in total. The van der Waals surface area contributed by atoms with E-state index >= 15 is 0 Å². The van der Waals surface area contributed by atoms with Crippen molar-refractivity contribution in [3.8, 4) is 17.2 Å². The topological polar surface area (TPSA) is 86.6 Å². The molecule has 31 heavy (non-hydrogen) atoms. The number of benzene rings is 1. The van der Waals surface area contributed by atoms with Crippen molar-refractivity contribution in [1.82, 2.24) is 15.1 Å². The Bertz CT molecular complexity index is 920. The Morgan fingerprint density at radius 2 is 1.87 bits per heavy atom. The third-order valence-corrected chi connectivity index (χ3v) is 5.11. The second-order valence-corrected chi connectivity index (χ2v) is 7.06. The Kier molecular flexibility index (Phi) is 6.51. The summed E-state index contributed by atoms with van der Waals surface area (Å²) >= 11 is 0. The van der Waals surface area contributed by atoms with Crippen LogP contribution in [-0.4, -0.2) is 49.7 Å². The van der Waals surface area contributed by atoms with Crippen LogP contribution in [0.2, 0.25) is 0 Å². The molecule has 1 amide bonds. The summed E-state index contributed by atoms with van der Waals surface area (Å²) in [6.45, 7) is 2.29. The van der Waals surface area contributed by atoms with Crippen LogP contribution >= 0.6 is 0 Å². The van der Waals surface area contributed by atoms with Crippen LogP contribution in [0.15, 0.2) is 18.3 Å². The van der Waals surface area contributed by atoms with E-state index in [1.54, 1.807) is 12.1 Å². The van der Waals surface area contributed by atoms with Gasteiger partial charge in [0.15, 0.2) is 17.5 Å². The molecule has 0 spiro atoms. The molecular weight excluding hydrogens is 417 g/mol. The maximum Gasteiger partial charge on any atom is 0.410 e. The Hall–Kier alpha value is -3.11. The van der Waals surface area contributed by atoms with Gasteiger partial charge in [0, 0.05) is 13.0 Å². The molecule has 2 atom stereocenters. The zero-order chi connectivity index (χ0) is 22.8. The Labute approximate surface area is 177 Å². The number of alkyl halides is 3. The van der Waals surface area contributed by atoms with Crippen molar-refractivity contribution < 1.29 is 32.2 Å². The zero-order valence-electron chi connectivity index (χ0n) is 17.7. The smallest absolute Gasteiger partial charge is 0.410 e. The first kappa shape index (κ1) is 22.6. The number of anilines is 1. The highest BCUT2D eigenvalue weighted by Crippen LogP contribution is 2.47. The van der Waals surface area contributed by atoms with Crippen molar-refractivity contribution in [2.75, 3.05) is 33.2 Å². The van der Waals surface area contributed by atoms with Gasteiger partial charge in [-0.3, -0.25) is 4.79 Å². The molecular formula is C20H25F3N4O4. The largest absolute Gasteiger partial charge is 0.493 e. The Morgan fingerprint density at radius 3 is 2.39 bits per heavy atom. The van der Waals surface area contributed by atoms with Crippen LogP contribution in [0.3, 0.4) is 0 Å². The predicted molar refractivity (Wildman–Crippen MR) is 107 cm³/mol.